The van der Waals surface area contributed by atoms with Gasteiger partial charge < -0.3 is 4.74 Å². The molecule has 0 aromatic carbocycles. The molecule has 1 aromatic rings. The summed E-state index contributed by atoms with van der Waals surface area (Å²) in [5.41, 5.74) is 0. The van der Waals surface area contributed by atoms with E-state index in [1.54, 1.807) is 12.4 Å². The van der Waals surface area contributed by atoms with E-state index in [2.05, 4.69) is 16.8 Å². The van der Waals surface area contributed by atoms with Crippen LogP contribution in [0, 0.1) is 0 Å². The van der Waals surface area contributed by atoms with E-state index in [4.69, 9.17) is 4.74 Å². The molecule has 2 rings (SSSR count). The number of hydrogen-bond donors (Lipinski definition) is 0. The highest BCUT2D eigenvalue weighted by atomic mass is 16.5. The monoisotopic (exact) mass is 192 g/mol. The molecule has 3 heteroatoms. The van der Waals surface area contributed by atoms with Crippen LogP contribution in [0.25, 0.3) is 0 Å². The van der Waals surface area contributed by atoms with Crippen LogP contribution in [0.15, 0.2) is 24.5 Å². The van der Waals surface area contributed by atoms with Gasteiger partial charge in [0.2, 0.25) is 0 Å². The van der Waals surface area contributed by atoms with Crippen LogP contribution in [-0.4, -0.2) is 35.6 Å². The summed E-state index contributed by atoms with van der Waals surface area (Å²) >= 11 is 0. The summed E-state index contributed by atoms with van der Waals surface area (Å²) in [7, 11) is 0. The van der Waals surface area contributed by atoms with Gasteiger partial charge in [-0.1, -0.05) is 6.92 Å². The van der Waals surface area contributed by atoms with Gasteiger partial charge in [0.1, 0.15) is 11.9 Å². The van der Waals surface area contributed by atoms with Gasteiger partial charge in [-0.05, 0) is 25.1 Å². The minimum absolute atomic E-state index is 0.346. The molecule has 1 aliphatic rings. The SMILES string of the molecule is CCN1CCC(Oc2cccnc2)C1. The first-order valence-corrected chi connectivity index (χ1v) is 5.17. The second-order valence-electron chi connectivity index (χ2n) is 3.61. The lowest BCUT2D eigenvalue weighted by Gasteiger charge is -2.14. The van der Waals surface area contributed by atoms with Crippen LogP contribution in [-0.2, 0) is 0 Å². The van der Waals surface area contributed by atoms with Gasteiger partial charge in [-0.15, -0.1) is 0 Å². The Morgan fingerprint density at radius 2 is 2.57 bits per heavy atom. The average Bonchev–Trinajstić information content (AvgIpc) is 2.67. The zero-order valence-corrected chi connectivity index (χ0v) is 8.52. The third-order valence-corrected chi connectivity index (χ3v) is 2.61. The van der Waals surface area contributed by atoms with Crippen LogP contribution < -0.4 is 4.74 Å². The van der Waals surface area contributed by atoms with Crippen molar-refractivity contribution in [3.05, 3.63) is 24.5 Å². The molecule has 0 spiro atoms. The first-order chi connectivity index (χ1) is 6.88. The lowest BCUT2D eigenvalue weighted by molar-refractivity contribution is 0.202. The Labute approximate surface area is 84.7 Å². The maximum absolute atomic E-state index is 5.80. The highest BCUT2D eigenvalue weighted by molar-refractivity contribution is 5.16. The van der Waals surface area contributed by atoms with Gasteiger partial charge in [0.15, 0.2) is 0 Å². The Kier molecular flexibility index (Phi) is 2.99. The van der Waals surface area contributed by atoms with Crippen LogP contribution >= 0.6 is 0 Å². The number of likely N-dealkylation sites (N-methyl/N-ethyl adjacent to an activating group) is 1. The topological polar surface area (TPSA) is 25.4 Å². The fourth-order valence-corrected chi connectivity index (χ4v) is 1.79. The van der Waals surface area contributed by atoms with Gasteiger partial charge >= 0.3 is 0 Å². The van der Waals surface area contributed by atoms with Crippen molar-refractivity contribution in [2.45, 2.75) is 19.4 Å². The Morgan fingerprint density at radius 3 is 3.21 bits per heavy atom. The van der Waals surface area contributed by atoms with E-state index in [-0.39, 0.29) is 0 Å². The largest absolute Gasteiger partial charge is 0.487 e. The molecule has 1 saturated heterocycles. The summed E-state index contributed by atoms with van der Waals surface area (Å²) in [5, 5.41) is 0. The summed E-state index contributed by atoms with van der Waals surface area (Å²) in [4.78, 5) is 6.43. The van der Waals surface area contributed by atoms with Gasteiger partial charge in [0, 0.05) is 19.3 Å². The lowest BCUT2D eigenvalue weighted by atomic mass is 10.3. The van der Waals surface area contributed by atoms with Crippen molar-refractivity contribution < 1.29 is 4.74 Å². The average molecular weight is 192 g/mol. The molecule has 0 radical (unpaired) electrons. The number of aromatic nitrogens is 1. The van der Waals surface area contributed by atoms with Crippen molar-refractivity contribution in [2.24, 2.45) is 0 Å². The molecule has 1 aliphatic heterocycles. The Morgan fingerprint density at radius 1 is 1.64 bits per heavy atom. The van der Waals surface area contributed by atoms with E-state index in [1.165, 1.54) is 0 Å². The minimum Gasteiger partial charge on any atom is -0.487 e. The van der Waals surface area contributed by atoms with E-state index in [1.807, 2.05) is 12.1 Å². The maximum Gasteiger partial charge on any atom is 0.138 e. The van der Waals surface area contributed by atoms with Crippen molar-refractivity contribution in [3.8, 4) is 5.75 Å². The number of likely N-dealkylation sites (tertiary alicyclic amines) is 1. The van der Waals surface area contributed by atoms with Crippen molar-refractivity contribution in [1.82, 2.24) is 9.88 Å². The second kappa shape index (κ2) is 4.42. The summed E-state index contributed by atoms with van der Waals surface area (Å²) in [5.74, 6) is 0.885. The summed E-state index contributed by atoms with van der Waals surface area (Å²) in [6, 6.07) is 3.86. The van der Waals surface area contributed by atoms with Crippen molar-refractivity contribution >= 4 is 0 Å². The van der Waals surface area contributed by atoms with Crippen LogP contribution in [0.5, 0.6) is 5.75 Å². The Hall–Kier alpha value is -1.09. The van der Waals surface area contributed by atoms with Gasteiger partial charge in [-0.25, -0.2) is 0 Å². The first-order valence-electron chi connectivity index (χ1n) is 5.17. The van der Waals surface area contributed by atoms with Crippen LogP contribution in [0.4, 0.5) is 0 Å². The van der Waals surface area contributed by atoms with Crippen LogP contribution in [0.1, 0.15) is 13.3 Å². The summed E-state index contributed by atoms with van der Waals surface area (Å²) in [6.45, 7) is 5.51. The highest BCUT2D eigenvalue weighted by Gasteiger charge is 2.22. The quantitative estimate of drug-likeness (QED) is 0.726. The van der Waals surface area contributed by atoms with Gasteiger partial charge in [-0.3, -0.25) is 9.88 Å². The normalized spacial score (nSPS) is 22.5. The maximum atomic E-state index is 5.80. The molecular formula is C11H16N2O. The van der Waals surface area contributed by atoms with E-state index < -0.39 is 0 Å². The molecule has 3 nitrogen and oxygen atoms in total. The number of hydrogen-bond acceptors (Lipinski definition) is 3. The molecule has 14 heavy (non-hydrogen) atoms. The predicted octanol–water partition coefficient (Wildman–Crippen LogP) is 1.55. The third kappa shape index (κ3) is 2.23. The minimum atomic E-state index is 0.346. The lowest BCUT2D eigenvalue weighted by Crippen LogP contribution is -2.24. The van der Waals surface area contributed by atoms with Gasteiger partial charge in [0.25, 0.3) is 0 Å². The second-order valence-corrected chi connectivity index (χ2v) is 3.61. The summed E-state index contributed by atoms with van der Waals surface area (Å²) < 4.78 is 5.80. The van der Waals surface area contributed by atoms with Gasteiger partial charge in [0.05, 0.1) is 6.20 Å². The molecular weight excluding hydrogens is 176 g/mol. The van der Waals surface area contributed by atoms with Gasteiger partial charge in [-0.2, -0.15) is 0 Å². The Balaban J connectivity index is 1.88. The molecule has 0 N–H and O–H groups in total. The molecule has 1 fully saturated rings. The zero-order chi connectivity index (χ0) is 9.80. The number of nitrogens with zero attached hydrogens (tertiary/aromatic N) is 2. The smallest absolute Gasteiger partial charge is 0.138 e. The zero-order valence-electron chi connectivity index (χ0n) is 8.52. The van der Waals surface area contributed by atoms with E-state index >= 15 is 0 Å². The Bertz CT molecular complexity index is 276. The first kappa shape index (κ1) is 9.46. The predicted molar refractivity (Wildman–Crippen MR) is 55.4 cm³/mol. The standard InChI is InChI=1S/C11H16N2O/c1-2-13-7-5-11(9-13)14-10-4-3-6-12-8-10/h3-4,6,8,11H,2,5,7,9H2,1H3. The third-order valence-electron chi connectivity index (χ3n) is 2.61. The molecule has 2 heterocycles. The highest BCUT2D eigenvalue weighted by Crippen LogP contribution is 2.16. The number of ether oxygens (including phenoxy) is 1. The molecule has 0 amide bonds. The number of pyridine rings is 1. The molecule has 0 aliphatic carbocycles. The van der Waals surface area contributed by atoms with E-state index in [0.29, 0.717) is 6.10 Å². The molecule has 1 atom stereocenters. The van der Waals surface area contributed by atoms with E-state index in [0.717, 1.165) is 31.8 Å². The molecule has 1 unspecified atom stereocenters. The molecule has 76 valence electrons. The molecule has 0 saturated carbocycles. The van der Waals surface area contributed by atoms with Crippen molar-refractivity contribution in [3.63, 3.8) is 0 Å². The fourth-order valence-electron chi connectivity index (χ4n) is 1.79. The van der Waals surface area contributed by atoms with Crippen molar-refractivity contribution in [2.75, 3.05) is 19.6 Å². The number of rotatable bonds is 3. The fraction of sp³-hybridized carbons (Fsp3) is 0.545. The van der Waals surface area contributed by atoms with Crippen LogP contribution in [0.2, 0.25) is 0 Å². The molecule has 1 aromatic heterocycles. The van der Waals surface area contributed by atoms with Crippen LogP contribution in [0.3, 0.4) is 0 Å². The summed E-state index contributed by atoms with van der Waals surface area (Å²) in [6.07, 6.45) is 5.01. The molecule has 0 bridgehead atoms. The van der Waals surface area contributed by atoms with E-state index in [9.17, 15) is 0 Å². The van der Waals surface area contributed by atoms with Crippen molar-refractivity contribution in [1.29, 1.82) is 0 Å².